The first-order chi connectivity index (χ1) is 8.58. The third-order valence-electron chi connectivity index (χ3n) is 3.03. The number of nitrogens with two attached hydrogens (primary N) is 1. The SMILES string of the molecule is CC1C(=O)NN=C2COc3cc(F)c(N)cc3N21. The van der Waals surface area contributed by atoms with Crippen molar-refractivity contribution >= 4 is 23.1 Å². The molecule has 1 aromatic carbocycles. The molecule has 2 aliphatic rings. The third-order valence-corrected chi connectivity index (χ3v) is 3.03. The van der Waals surface area contributed by atoms with Crippen LogP contribution in [0.2, 0.25) is 0 Å². The summed E-state index contributed by atoms with van der Waals surface area (Å²) in [6.07, 6.45) is 0. The van der Waals surface area contributed by atoms with Gasteiger partial charge in [-0.1, -0.05) is 0 Å². The summed E-state index contributed by atoms with van der Waals surface area (Å²) >= 11 is 0. The number of amidine groups is 1. The maximum absolute atomic E-state index is 13.4. The summed E-state index contributed by atoms with van der Waals surface area (Å²) in [6, 6.07) is 2.24. The van der Waals surface area contributed by atoms with Crippen molar-refractivity contribution in [2.75, 3.05) is 17.2 Å². The molecule has 0 spiro atoms. The van der Waals surface area contributed by atoms with Gasteiger partial charge in [0.2, 0.25) is 0 Å². The number of carbonyl (C=O) groups is 1. The van der Waals surface area contributed by atoms with Crippen LogP contribution in [0.3, 0.4) is 0 Å². The van der Waals surface area contributed by atoms with E-state index in [-0.39, 0.29) is 18.2 Å². The van der Waals surface area contributed by atoms with Gasteiger partial charge in [0.1, 0.15) is 24.2 Å². The van der Waals surface area contributed by atoms with E-state index in [0.29, 0.717) is 17.3 Å². The third kappa shape index (κ3) is 1.40. The number of fused-ring (bicyclic) bond motifs is 3. The molecule has 0 fully saturated rings. The largest absolute Gasteiger partial charge is 0.483 e. The van der Waals surface area contributed by atoms with E-state index in [0.717, 1.165) is 0 Å². The maximum atomic E-state index is 13.4. The highest BCUT2D eigenvalue weighted by Gasteiger charge is 2.35. The molecule has 0 bridgehead atoms. The van der Waals surface area contributed by atoms with E-state index in [2.05, 4.69) is 10.5 Å². The zero-order valence-electron chi connectivity index (χ0n) is 9.61. The molecule has 0 radical (unpaired) electrons. The highest BCUT2D eigenvalue weighted by atomic mass is 19.1. The average molecular weight is 250 g/mol. The fourth-order valence-corrected chi connectivity index (χ4v) is 2.06. The van der Waals surface area contributed by atoms with Gasteiger partial charge in [-0.15, -0.1) is 0 Å². The topological polar surface area (TPSA) is 79.9 Å². The zero-order valence-corrected chi connectivity index (χ0v) is 9.61. The number of hydrogen-bond acceptors (Lipinski definition) is 5. The Balaban J connectivity index is 2.16. The lowest BCUT2D eigenvalue weighted by atomic mass is 10.1. The van der Waals surface area contributed by atoms with E-state index in [9.17, 15) is 9.18 Å². The van der Waals surface area contributed by atoms with Crippen LogP contribution in [0.4, 0.5) is 15.8 Å². The average Bonchev–Trinajstić information content (AvgIpc) is 2.35. The molecule has 0 aromatic heterocycles. The minimum absolute atomic E-state index is 0.0109. The van der Waals surface area contributed by atoms with Crippen LogP contribution in [0, 0.1) is 5.82 Å². The molecule has 0 aliphatic carbocycles. The molecule has 1 aromatic rings. The Kier molecular flexibility index (Phi) is 2.16. The van der Waals surface area contributed by atoms with Gasteiger partial charge in [-0.2, -0.15) is 5.10 Å². The summed E-state index contributed by atoms with van der Waals surface area (Å²) in [6.45, 7) is 1.92. The van der Waals surface area contributed by atoms with Crippen molar-refractivity contribution < 1.29 is 13.9 Å². The second-order valence-corrected chi connectivity index (χ2v) is 4.18. The van der Waals surface area contributed by atoms with E-state index in [1.165, 1.54) is 12.1 Å². The Bertz CT molecular complexity index is 572. The van der Waals surface area contributed by atoms with Crippen LogP contribution < -0.4 is 20.8 Å². The van der Waals surface area contributed by atoms with Crippen LogP contribution in [0.25, 0.3) is 0 Å². The van der Waals surface area contributed by atoms with E-state index in [1.807, 2.05) is 0 Å². The lowest BCUT2D eigenvalue weighted by molar-refractivity contribution is -0.122. The zero-order chi connectivity index (χ0) is 12.9. The van der Waals surface area contributed by atoms with Crippen molar-refractivity contribution in [3.63, 3.8) is 0 Å². The molecule has 2 aliphatic heterocycles. The minimum atomic E-state index is -0.539. The summed E-state index contributed by atoms with van der Waals surface area (Å²) in [5.41, 5.74) is 8.53. The van der Waals surface area contributed by atoms with E-state index in [1.54, 1.807) is 11.8 Å². The molecule has 7 heteroatoms. The summed E-state index contributed by atoms with van der Waals surface area (Å²) in [5, 5.41) is 3.92. The van der Waals surface area contributed by atoms with Gasteiger partial charge in [0.15, 0.2) is 5.84 Å². The first kappa shape index (κ1) is 10.8. The number of benzene rings is 1. The molecule has 1 unspecified atom stereocenters. The van der Waals surface area contributed by atoms with E-state index in [4.69, 9.17) is 10.5 Å². The van der Waals surface area contributed by atoms with Gasteiger partial charge in [-0.05, 0) is 13.0 Å². The Hall–Kier alpha value is -2.31. The quantitative estimate of drug-likeness (QED) is 0.655. The van der Waals surface area contributed by atoms with Crippen molar-refractivity contribution in [1.29, 1.82) is 0 Å². The number of nitrogens with one attached hydrogen (secondary N) is 1. The van der Waals surface area contributed by atoms with Crippen molar-refractivity contribution in [2.24, 2.45) is 5.10 Å². The van der Waals surface area contributed by atoms with Crippen molar-refractivity contribution in [3.05, 3.63) is 17.9 Å². The van der Waals surface area contributed by atoms with Gasteiger partial charge in [-0.25, -0.2) is 9.82 Å². The number of hydrazone groups is 1. The van der Waals surface area contributed by atoms with Crippen LogP contribution in [0.1, 0.15) is 6.92 Å². The summed E-state index contributed by atoms with van der Waals surface area (Å²) in [5.74, 6) is 0.167. The molecule has 3 N–H and O–H groups in total. The first-order valence-corrected chi connectivity index (χ1v) is 5.45. The van der Waals surface area contributed by atoms with Gasteiger partial charge >= 0.3 is 0 Å². The number of carbonyl (C=O) groups excluding carboxylic acids is 1. The van der Waals surface area contributed by atoms with E-state index >= 15 is 0 Å². The van der Waals surface area contributed by atoms with Crippen molar-refractivity contribution in [2.45, 2.75) is 13.0 Å². The molecular formula is C11H11FN4O2. The predicted molar refractivity (Wildman–Crippen MR) is 63.8 cm³/mol. The molecule has 94 valence electrons. The molecule has 1 atom stereocenters. The fourth-order valence-electron chi connectivity index (χ4n) is 2.06. The number of ether oxygens (including phenoxy) is 1. The second-order valence-electron chi connectivity index (χ2n) is 4.18. The number of hydrogen-bond donors (Lipinski definition) is 2. The Morgan fingerprint density at radius 3 is 3.17 bits per heavy atom. The second kappa shape index (κ2) is 3.59. The Morgan fingerprint density at radius 1 is 1.61 bits per heavy atom. The van der Waals surface area contributed by atoms with Gasteiger partial charge in [0.05, 0.1) is 11.4 Å². The smallest absolute Gasteiger partial charge is 0.262 e. The molecule has 2 heterocycles. The highest BCUT2D eigenvalue weighted by Crippen LogP contribution is 2.37. The number of nitrogens with zero attached hydrogens (tertiary/aromatic N) is 2. The van der Waals surface area contributed by atoms with Crippen molar-refractivity contribution in [3.8, 4) is 5.75 Å². The Morgan fingerprint density at radius 2 is 2.39 bits per heavy atom. The molecular weight excluding hydrogens is 239 g/mol. The first-order valence-electron chi connectivity index (χ1n) is 5.45. The van der Waals surface area contributed by atoms with Crippen LogP contribution in [-0.2, 0) is 4.79 Å². The molecule has 1 amide bonds. The van der Waals surface area contributed by atoms with Crippen LogP contribution in [-0.4, -0.2) is 24.4 Å². The fraction of sp³-hybridized carbons (Fsp3) is 0.273. The van der Waals surface area contributed by atoms with Gasteiger partial charge in [-0.3, -0.25) is 4.79 Å². The molecule has 18 heavy (non-hydrogen) atoms. The van der Waals surface area contributed by atoms with Crippen molar-refractivity contribution in [1.82, 2.24) is 5.43 Å². The number of amides is 1. The lowest BCUT2D eigenvalue weighted by Gasteiger charge is -2.38. The molecule has 0 saturated carbocycles. The number of halogens is 1. The molecule has 3 rings (SSSR count). The normalized spacial score (nSPS) is 21.4. The van der Waals surface area contributed by atoms with E-state index < -0.39 is 11.9 Å². The maximum Gasteiger partial charge on any atom is 0.262 e. The number of anilines is 2. The Labute approximate surface area is 102 Å². The monoisotopic (exact) mass is 250 g/mol. The lowest BCUT2D eigenvalue weighted by Crippen LogP contribution is -2.55. The summed E-state index contributed by atoms with van der Waals surface area (Å²) in [4.78, 5) is 13.3. The summed E-state index contributed by atoms with van der Waals surface area (Å²) in [7, 11) is 0. The molecule has 0 saturated heterocycles. The van der Waals surface area contributed by atoms with Gasteiger partial charge < -0.3 is 15.4 Å². The number of rotatable bonds is 0. The van der Waals surface area contributed by atoms with Gasteiger partial charge in [0, 0.05) is 6.07 Å². The van der Waals surface area contributed by atoms with Gasteiger partial charge in [0.25, 0.3) is 5.91 Å². The predicted octanol–water partition coefficient (Wildman–Crippen LogP) is 0.438. The van der Waals surface area contributed by atoms with Crippen LogP contribution in [0.5, 0.6) is 5.75 Å². The molecule has 6 nitrogen and oxygen atoms in total. The van der Waals surface area contributed by atoms with Crippen LogP contribution in [0.15, 0.2) is 17.2 Å². The highest BCUT2D eigenvalue weighted by molar-refractivity contribution is 6.09. The number of nitrogen functional groups attached to an aromatic ring is 1. The summed E-state index contributed by atoms with van der Waals surface area (Å²) < 4.78 is 18.8. The standard InChI is InChI=1S/C11H11FN4O2/c1-5-11(17)15-14-10-4-18-9-2-6(12)7(13)3-8(9)16(5)10/h2-3,5H,4,13H2,1H3,(H,15,17). The minimum Gasteiger partial charge on any atom is -0.483 e. The van der Waals surface area contributed by atoms with Crippen LogP contribution >= 0.6 is 0 Å².